The molecule has 14 heavy (non-hydrogen) atoms. The molecule has 0 spiro atoms. The Hall–Kier alpha value is 1.25. The minimum Gasteiger partial charge on any atom is -0.147 e. The first-order chi connectivity index (χ1) is 5.54. The number of hydrogen-bond donors (Lipinski definition) is 1. The number of rotatable bonds is 1. The quantitative estimate of drug-likeness (QED) is 0.722. The zero-order valence-corrected chi connectivity index (χ0v) is 12.5. The minimum absolute atomic E-state index is 0. The maximum absolute atomic E-state index is 3.38. The van der Waals surface area contributed by atoms with Gasteiger partial charge in [-0.2, -0.15) is 0 Å². The Labute approximate surface area is 113 Å². The van der Waals surface area contributed by atoms with Crippen molar-refractivity contribution in [3.8, 4) is 0 Å². The van der Waals surface area contributed by atoms with Crippen LogP contribution in [0.25, 0.3) is 0 Å². The Morgan fingerprint density at radius 2 is 1.43 bits per heavy atom. The molecular formula is C10H22Cl2NTi. The molecule has 0 aromatic carbocycles. The van der Waals surface area contributed by atoms with Gasteiger partial charge in [0, 0.05) is 0 Å². The molecule has 1 saturated carbocycles. The summed E-state index contributed by atoms with van der Waals surface area (Å²) in [5.74, 6) is 0.946. The smallest absolute Gasteiger partial charge is 0.147 e. The van der Waals surface area contributed by atoms with Crippen LogP contribution in [-0.4, -0.2) is 6.04 Å². The predicted octanol–water partition coefficient (Wildman–Crippen LogP) is 3.49. The van der Waals surface area contributed by atoms with Crippen LogP contribution in [0.5, 0.6) is 0 Å². The van der Waals surface area contributed by atoms with Gasteiger partial charge in [-0.15, -0.1) is 24.8 Å². The van der Waals surface area contributed by atoms with Crippen LogP contribution in [0, 0.1) is 11.3 Å². The van der Waals surface area contributed by atoms with Crippen molar-refractivity contribution >= 4 is 24.8 Å². The van der Waals surface area contributed by atoms with Crippen LogP contribution < -0.4 is 3.80 Å². The van der Waals surface area contributed by atoms with Crippen LogP contribution in [0.2, 0.25) is 0 Å². The normalized spacial score (nSPS) is 27.3. The van der Waals surface area contributed by atoms with E-state index in [9.17, 15) is 0 Å². The summed E-state index contributed by atoms with van der Waals surface area (Å²) in [5, 5.41) is 0. The van der Waals surface area contributed by atoms with Crippen molar-refractivity contribution in [3.63, 3.8) is 0 Å². The van der Waals surface area contributed by atoms with Crippen molar-refractivity contribution in [2.75, 3.05) is 0 Å². The van der Waals surface area contributed by atoms with E-state index in [1.807, 2.05) is 0 Å². The Balaban J connectivity index is 0. The standard InChI is InChI=1S/C10H20N.2ClH.Ti/c1-10(2,3)8-4-6-9(11)7-5-8;;;/h8-9,11H,4-7H2,1-3H3;2*1H;/q-1;;;+1. The molecule has 0 bridgehead atoms. The fourth-order valence-corrected chi connectivity index (χ4v) is 2.55. The van der Waals surface area contributed by atoms with Crippen molar-refractivity contribution in [1.29, 1.82) is 0 Å². The average molecular weight is 275 g/mol. The number of hydrogen-bond acceptors (Lipinski definition) is 1. The summed E-state index contributed by atoms with van der Waals surface area (Å²) in [6.07, 6.45) is 5.57. The molecule has 0 atom stereocenters. The van der Waals surface area contributed by atoms with E-state index in [1.54, 1.807) is 0 Å². The van der Waals surface area contributed by atoms with E-state index in [1.165, 1.54) is 25.7 Å². The molecule has 0 saturated heterocycles. The molecule has 1 aliphatic rings. The molecule has 1 aliphatic carbocycles. The van der Waals surface area contributed by atoms with E-state index in [4.69, 9.17) is 0 Å². The fourth-order valence-electron chi connectivity index (χ4n) is 2.10. The fraction of sp³-hybridized carbons (Fsp3) is 1.00. The van der Waals surface area contributed by atoms with Crippen LogP contribution in [0.3, 0.4) is 0 Å². The summed E-state index contributed by atoms with van der Waals surface area (Å²) < 4.78 is 3.38. The summed E-state index contributed by atoms with van der Waals surface area (Å²) in [7, 11) is 0. The second kappa shape index (κ2) is 7.51. The van der Waals surface area contributed by atoms with Crippen molar-refractivity contribution in [3.05, 3.63) is 0 Å². The summed E-state index contributed by atoms with van der Waals surface area (Å²) in [6, 6.07) is 0.795. The number of nitrogens with one attached hydrogen (secondary N) is 1. The van der Waals surface area contributed by atoms with Crippen molar-refractivity contribution in [2.45, 2.75) is 52.5 Å². The summed E-state index contributed by atoms with van der Waals surface area (Å²) in [6.45, 7) is 7.12. The van der Waals surface area contributed by atoms with E-state index in [-0.39, 0.29) is 24.8 Å². The second-order valence-corrected chi connectivity index (χ2v) is 5.51. The third-order valence-electron chi connectivity index (χ3n) is 3.16. The van der Waals surface area contributed by atoms with Crippen molar-refractivity contribution in [1.82, 2.24) is 3.80 Å². The first-order valence-corrected chi connectivity index (χ1v) is 5.74. The zero-order chi connectivity index (χ0) is 9.19. The first kappa shape index (κ1) is 17.6. The van der Waals surface area contributed by atoms with E-state index >= 15 is 0 Å². The molecule has 85 valence electrons. The Morgan fingerprint density at radius 1 is 1.00 bits per heavy atom. The first-order valence-electron chi connectivity index (χ1n) is 4.96. The third kappa shape index (κ3) is 5.37. The van der Waals surface area contributed by atoms with Gasteiger partial charge >= 0.3 is 88.3 Å². The summed E-state index contributed by atoms with van der Waals surface area (Å²) >= 11 is 2.09. The topological polar surface area (TPSA) is 12.0 Å². The molecule has 1 fully saturated rings. The van der Waals surface area contributed by atoms with Crippen molar-refractivity contribution < 1.29 is 20.7 Å². The molecule has 4 heteroatoms. The van der Waals surface area contributed by atoms with E-state index < -0.39 is 0 Å². The molecule has 1 N–H and O–H groups in total. The summed E-state index contributed by atoms with van der Waals surface area (Å²) in [4.78, 5) is 0. The van der Waals surface area contributed by atoms with Gasteiger partial charge in [-0.25, -0.2) is 0 Å². The molecular weight excluding hydrogens is 253 g/mol. The van der Waals surface area contributed by atoms with Gasteiger partial charge < -0.3 is 0 Å². The van der Waals surface area contributed by atoms with Crippen LogP contribution in [0.4, 0.5) is 0 Å². The largest absolute Gasteiger partial charge is 0.147 e. The van der Waals surface area contributed by atoms with Crippen LogP contribution in [-0.2, 0) is 20.7 Å². The van der Waals surface area contributed by atoms with Gasteiger partial charge in [-0.1, -0.05) is 0 Å². The monoisotopic (exact) mass is 274 g/mol. The molecule has 1 nitrogen and oxygen atoms in total. The maximum Gasteiger partial charge on any atom is -0.147 e. The van der Waals surface area contributed by atoms with Crippen LogP contribution in [0.1, 0.15) is 46.5 Å². The Kier molecular flexibility index (Phi) is 9.47. The van der Waals surface area contributed by atoms with E-state index in [2.05, 4.69) is 45.3 Å². The third-order valence-corrected chi connectivity index (χ3v) is 3.79. The number of halogens is 2. The second-order valence-electron chi connectivity index (χ2n) is 5.06. The van der Waals surface area contributed by atoms with Gasteiger partial charge in [0.05, 0.1) is 0 Å². The predicted molar refractivity (Wildman–Crippen MR) is 62.8 cm³/mol. The average Bonchev–Trinajstić information content (AvgIpc) is 2.03. The van der Waals surface area contributed by atoms with Gasteiger partial charge in [-0.05, 0) is 0 Å². The molecule has 0 aromatic heterocycles. The van der Waals surface area contributed by atoms with Gasteiger partial charge in [0.25, 0.3) is 0 Å². The zero-order valence-electron chi connectivity index (χ0n) is 9.30. The Bertz CT molecular complexity index is 140. The Morgan fingerprint density at radius 3 is 1.71 bits per heavy atom. The van der Waals surface area contributed by atoms with Crippen molar-refractivity contribution in [2.24, 2.45) is 11.3 Å². The van der Waals surface area contributed by atoms with Gasteiger partial charge in [-0.3, -0.25) is 0 Å². The molecule has 0 aliphatic heterocycles. The molecule has 0 amide bonds. The molecule has 1 rings (SSSR count). The minimum atomic E-state index is 0. The van der Waals surface area contributed by atoms with Crippen LogP contribution in [0.15, 0.2) is 0 Å². The van der Waals surface area contributed by atoms with Crippen LogP contribution >= 0.6 is 24.8 Å². The van der Waals surface area contributed by atoms with Gasteiger partial charge in [0.15, 0.2) is 0 Å². The summed E-state index contributed by atoms with van der Waals surface area (Å²) in [5.41, 5.74) is 0.526. The SMILES string of the molecule is CC(C)(C)C1CCC([NH][Ti])CC1.Cl.Cl. The van der Waals surface area contributed by atoms with Gasteiger partial charge in [0.2, 0.25) is 0 Å². The molecule has 0 radical (unpaired) electrons. The van der Waals surface area contributed by atoms with E-state index in [0.717, 1.165) is 12.0 Å². The van der Waals surface area contributed by atoms with E-state index in [0.29, 0.717) is 5.41 Å². The van der Waals surface area contributed by atoms with Gasteiger partial charge in [0.1, 0.15) is 0 Å². The molecule has 0 heterocycles. The molecule has 0 aromatic rings. The molecule has 0 unspecified atom stereocenters. The maximum atomic E-state index is 3.38.